The number of methoxy groups -OCH3 is 1. The number of aromatic nitrogens is 2. The summed E-state index contributed by atoms with van der Waals surface area (Å²) in [5.41, 5.74) is 5.28. The molecule has 0 aliphatic heterocycles. The Hall–Kier alpha value is -2.14. The Kier molecular flexibility index (Phi) is 5.47. The Balaban J connectivity index is 1.81. The zero-order chi connectivity index (χ0) is 18.8. The molecule has 0 bridgehead atoms. The van der Waals surface area contributed by atoms with E-state index in [0.717, 1.165) is 17.0 Å². The summed E-state index contributed by atoms with van der Waals surface area (Å²) in [7, 11) is 1.54. The van der Waals surface area contributed by atoms with Crippen LogP contribution in [0.3, 0.4) is 0 Å². The molecule has 1 aromatic carbocycles. The van der Waals surface area contributed by atoms with Crippen LogP contribution in [0.15, 0.2) is 23.7 Å². The normalized spacial score (nSPS) is 13.5. The predicted octanol–water partition coefficient (Wildman–Crippen LogP) is 3.64. The minimum Gasteiger partial charge on any atom is -0.480 e. The minimum absolute atomic E-state index is 0.213. The second-order valence-electron chi connectivity index (χ2n) is 5.24. The first-order valence-corrected chi connectivity index (χ1v) is 9.14. The van der Waals surface area contributed by atoms with Crippen LogP contribution >= 0.6 is 22.7 Å². The third kappa shape index (κ3) is 3.68. The molecular formula is C16H15F2N3O3S2. The predicted molar refractivity (Wildman–Crippen MR) is 94.3 cm³/mol. The van der Waals surface area contributed by atoms with Gasteiger partial charge in [-0.2, -0.15) is 0 Å². The van der Waals surface area contributed by atoms with Crippen molar-refractivity contribution in [3.05, 3.63) is 45.9 Å². The van der Waals surface area contributed by atoms with Crippen molar-refractivity contribution >= 4 is 22.7 Å². The molecule has 0 saturated carbocycles. The smallest absolute Gasteiger partial charge is 0.273 e. The number of nitrogens with zero attached hydrogens (tertiary/aromatic N) is 2. The number of aliphatic hydroxyl groups excluding tert-OH is 1. The highest BCUT2D eigenvalue weighted by Gasteiger charge is 2.22. The van der Waals surface area contributed by atoms with Crippen LogP contribution in [-0.4, -0.2) is 22.2 Å². The average molecular weight is 399 g/mol. The molecule has 6 nitrogen and oxygen atoms in total. The fraction of sp³-hybridized carbons (Fsp3) is 0.250. The van der Waals surface area contributed by atoms with Gasteiger partial charge in [-0.15, -0.1) is 11.3 Å². The molecule has 2 unspecified atom stereocenters. The van der Waals surface area contributed by atoms with E-state index < -0.39 is 29.5 Å². The summed E-state index contributed by atoms with van der Waals surface area (Å²) >= 11 is 2.69. The van der Waals surface area contributed by atoms with Crippen molar-refractivity contribution in [1.82, 2.24) is 9.97 Å². The lowest BCUT2D eigenvalue weighted by molar-refractivity contribution is 0.169. The molecule has 0 fully saturated rings. The molecule has 0 radical (unpaired) electrons. The van der Waals surface area contributed by atoms with E-state index >= 15 is 0 Å². The average Bonchev–Trinajstić information content (AvgIpc) is 3.25. The quantitative estimate of drug-likeness (QED) is 0.615. The maximum Gasteiger partial charge on any atom is 0.273 e. The summed E-state index contributed by atoms with van der Waals surface area (Å²) < 4.78 is 38.5. The molecule has 0 aliphatic rings. The summed E-state index contributed by atoms with van der Waals surface area (Å²) in [5, 5.41) is 12.3. The lowest BCUT2D eigenvalue weighted by Gasteiger charge is -2.16. The Morgan fingerprint density at radius 1 is 1.31 bits per heavy atom. The lowest BCUT2D eigenvalue weighted by atomic mass is 10.1. The Bertz CT molecular complexity index is 914. The van der Waals surface area contributed by atoms with Gasteiger partial charge in [0, 0.05) is 5.38 Å². The van der Waals surface area contributed by atoms with Gasteiger partial charge in [0.25, 0.3) is 5.19 Å². The number of aliphatic hydroxyl groups is 1. The van der Waals surface area contributed by atoms with Gasteiger partial charge in [-0.25, -0.2) is 18.7 Å². The van der Waals surface area contributed by atoms with Gasteiger partial charge in [-0.05, 0) is 19.1 Å². The molecule has 26 heavy (non-hydrogen) atoms. The number of thiazole rings is 2. The second-order valence-corrected chi connectivity index (χ2v) is 7.13. The van der Waals surface area contributed by atoms with Crippen molar-refractivity contribution < 1.29 is 23.4 Å². The summed E-state index contributed by atoms with van der Waals surface area (Å²) in [6.45, 7) is 1.69. The summed E-state index contributed by atoms with van der Waals surface area (Å²) in [5.74, 6) is -2.18. The maximum atomic E-state index is 14.3. The monoisotopic (exact) mass is 399 g/mol. The van der Waals surface area contributed by atoms with Crippen LogP contribution in [-0.2, 0) is 0 Å². The largest absolute Gasteiger partial charge is 0.480 e. The fourth-order valence-electron chi connectivity index (χ4n) is 2.21. The van der Waals surface area contributed by atoms with E-state index in [1.54, 1.807) is 13.1 Å². The number of nitrogens with two attached hydrogens (primary N) is 1. The van der Waals surface area contributed by atoms with Gasteiger partial charge in [0.2, 0.25) is 0 Å². The van der Waals surface area contributed by atoms with Crippen molar-refractivity contribution in [2.45, 2.75) is 19.3 Å². The SMILES string of the molecule is COc1ncc(-c2csc(C(C)Oc3ccc(F)c(C(N)O)c3F)n2)s1. The molecule has 0 aliphatic carbocycles. The van der Waals surface area contributed by atoms with Crippen molar-refractivity contribution in [2.75, 3.05) is 7.11 Å². The van der Waals surface area contributed by atoms with Crippen molar-refractivity contribution in [3.8, 4) is 21.5 Å². The molecule has 3 rings (SSSR count). The van der Waals surface area contributed by atoms with E-state index in [1.165, 1.54) is 29.8 Å². The van der Waals surface area contributed by atoms with E-state index in [4.69, 9.17) is 15.2 Å². The van der Waals surface area contributed by atoms with Crippen LogP contribution in [0.25, 0.3) is 10.6 Å². The molecule has 2 atom stereocenters. The molecule has 3 aromatic rings. The highest BCUT2D eigenvalue weighted by molar-refractivity contribution is 7.17. The van der Waals surface area contributed by atoms with Crippen LogP contribution in [0.1, 0.15) is 29.8 Å². The topological polar surface area (TPSA) is 90.5 Å². The summed E-state index contributed by atoms with van der Waals surface area (Å²) in [6, 6.07) is 2.14. The third-order valence-electron chi connectivity index (χ3n) is 3.47. The molecular weight excluding hydrogens is 384 g/mol. The third-order valence-corrected chi connectivity index (χ3v) is 5.46. The second kappa shape index (κ2) is 7.62. The summed E-state index contributed by atoms with van der Waals surface area (Å²) in [6.07, 6.45) is -0.712. The van der Waals surface area contributed by atoms with Gasteiger partial charge in [0.05, 0.1) is 29.4 Å². The van der Waals surface area contributed by atoms with E-state index in [2.05, 4.69) is 9.97 Å². The van der Waals surface area contributed by atoms with Gasteiger partial charge in [0.1, 0.15) is 23.2 Å². The van der Waals surface area contributed by atoms with Gasteiger partial charge >= 0.3 is 0 Å². The van der Waals surface area contributed by atoms with E-state index in [1.807, 2.05) is 5.38 Å². The molecule has 3 N–H and O–H groups in total. The number of benzene rings is 1. The van der Waals surface area contributed by atoms with E-state index in [-0.39, 0.29) is 5.75 Å². The highest BCUT2D eigenvalue weighted by atomic mass is 32.1. The number of halogens is 2. The zero-order valence-corrected chi connectivity index (χ0v) is 15.4. The van der Waals surface area contributed by atoms with Crippen LogP contribution in [0, 0.1) is 11.6 Å². The fourth-order valence-corrected chi connectivity index (χ4v) is 3.78. The van der Waals surface area contributed by atoms with Gasteiger partial charge in [-0.1, -0.05) is 11.3 Å². The number of rotatable bonds is 6. The number of hydrogen-bond acceptors (Lipinski definition) is 8. The van der Waals surface area contributed by atoms with Gasteiger partial charge < -0.3 is 20.3 Å². The van der Waals surface area contributed by atoms with Crippen LogP contribution < -0.4 is 15.2 Å². The minimum atomic E-state index is -1.78. The van der Waals surface area contributed by atoms with Crippen molar-refractivity contribution in [3.63, 3.8) is 0 Å². The van der Waals surface area contributed by atoms with Crippen LogP contribution in [0.4, 0.5) is 8.78 Å². The Morgan fingerprint density at radius 3 is 2.73 bits per heavy atom. The van der Waals surface area contributed by atoms with Crippen LogP contribution in [0.2, 0.25) is 0 Å². The molecule has 0 spiro atoms. The van der Waals surface area contributed by atoms with Gasteiger partial charge in [0.15, 0.2) is 11.6 Å². The van der Waals surface area contributed by atoms with Crippen molar-refractivity contribution in [2.24, 2.45) is 5.73 Å². The maximum absolute atomic E-state index is 14.3. The molecule has 2 aromatic heterocycles. The van der Waals surface area contributed by atoms with Crippen LogP contribution in [0.5, 0.6) is 10.9 Å². The Morgan fingerprint density at radius 2 is 2.08 bits per heavy atom. The van der Waals surface area contributed by atoms with Gasteiger partial charge in [-0.3, -0.25) is 0 Å². The summed E-state index contributed by atoms with van der Waals surface area (Å²) in [4.78, 5) is 9.39. The standard InChI is InChI=1S/C16H15F2N3O3S2/c1-7(24-10-4-3-8(17)12(13(10)18)14(19)22)15-21-9(6-25-15)11-5-20-16(23-2)26-11/h3-7,14,22H,19H2,1-2H3. The molecule has 0 saturated heterocycles. The number of hydrogen-bond donors (Lipinski definition) is 2. The zero-order valence-electron chi connectivity index (χ0n) is 13.8. The first-order chi connectivity index (χ1) is 12.4. The Labute approximate surface area is 155 Å². The molecule has 0 amide bonds. The van der Waals surface area contributed by atoms with Crippen molar-refractivity contribution in [1.29, 1.82) is 0 Å². The molecule has 138 valence electrons. The number of ether oxygens (including phenoxy) is 2. The lowest BCUT2D eigenvalue weighted by Crippen LogP contribution is -2.14. The highest BCUT2D eigenvalue weighted by Crippen LogP contribution is 2.34. The molecule has 2 heterocycles. The van der Waals surface area contributed by atoms with E-state index in [0.29, 0.717) is 15.9 Å². The first-order valence-electron chi connectivity index (χ1n) is 7.44. The van der Waals surface area contributed by atoms with E-state index in [9.17, 15) is 13.9 Å². The first kappa shape index (κ1) is 18.6. The molecule has 10 heteroatoms.